The number of ether oxygens (including phenoxy) is 3. The number of carbonyl (C=O) groups excluding carboxylic acids is 3. The molecule has 0 aliphatic carbocycles. The van der Waals surface area contributed by atoms with Gasteiger partial charge in [-0.25, -0.2) is 14.4 Å². The molecule has 15 heteroatoms. The van der Waals surface area contributed by atoms with Crippen molar-refractivity contribution >= 4 is 50.9 Å². The summed E-state index contributed by atoms with van der Waals surface area (Å²) >= 11 is 0. The van der Waals surface area contributed by atoms with E-state index in [1.165, 1.54) is 0 Å². The summed E-state index contributed by atoms with van der Waals surface area (Å²) in [6.07, 6.45) is 3.25. The maximum Gasteiger partial charge on any atom is 0.337 e. The smallest absolute Gasteiger partial charge is 0.337 e. The molecule has 11 nitrogen and oxygen atoms in total. The summed E-state index contributed by atoms with van der Waals surface area (Å²) in [5.41, 5.74) is 0. The molecule has 0 aliphatic heterocycles. The number of hydrogen-bond acceptors (Lipinski definition) is 11. The Morgan fingerprint density at radius 1 is 0.541 bits per heavy atom. The molecule has 0 bridgehead atoms. The van der Waals surface area contributed by atoms with Gasteiger partial charge in [-0.1, -0.05) is 19.7 Å². The van der Waals surface area contributed by atoms with Crippen LogP contribution in [0.5, 0.6) is 0 Å². The lowest BCUT2D eigenvalue weighted by Gasteiger charge is -2.44. The highest BCUT2D eigenvalue weighted by Crippen LogP contribution is 2.29. The van der Waals surface area contributed by atoms with E-state index in [4.69, 9.17) is 35.7 Å². The van der Waals surface area contributed by atoms with E-state index in [1.807, 2.05) is 45.8 Å². The van der Waals surface area contributed by atoms with Crippen molar-refractivity contribution < 1.29 is 50.1 Å². The molecule has 0 N–H and O–H groups in total. The second-order valence-corrected chi connectivity index (χ2v) is 28.5. The Hall–Kier alpha value is -1.70. The summed E-state index contributed by atoms with van der Waals surface area (Å²) in [7, 11) is -11.3. The van der Waals surface area contributed by atoms with Gasteiger partial charge >= 0.3 is 43.1 Å². The topological polar surface area (TPSA) is 125 Å². The fourth-order valence-corrected chi connectivity index (χ4v) is 22.6. The molecule has 0 aliphatic rings. The minimum atomic E-state index is -3.08. The molecule has 0 radical (unpaired) electrons. The van der Waals surface area contributed by atoms with Crippen LogP contribution in [0.4, 0.5) is 0 Å². The predicted octanol–water partition coefficient (Wildman–Crippen LogP) is 3.02. The molecule has 1 unspecified atom stereocenters. The van der Waals surface area contributed by atoms with Gasteiger partial charge in [0.2, 0.25) is 7.83 Å². The quantitative estimate of drug-likeness (QED) is 0.0679. The van der Waals surface area contributed by atoms with Crippen LogP contribution in [-0.4, -0.2) is 90.6 Å². The van der Waals surface area contributed by atoms with Crippen molar-refractivity contribution in [2.45, 2.75) is 45.8 Å². The second-order valence-electron chi connectivity index (χ2n) is 9.12. The van der Waals surface area contributed by atoms with Crippen LogP contribution in [0.15, 0.2) is 38.0 Å². The Labute approximate surface area is 224 Å². The molecule has 0 aromatic rings. The van der Waals surface area contributed by atoms with Crippen LogP contribution >= 0.6 is 0 Å². The third-order valence-electron chi connectivity index (χ3n) is 4.80. The predicted molar refractivity (Wildman–Crippen MR) is 148 cm³/mol. The van der Waals surface area contributed by atoms with Gasteiger partial charge in [0, 0.05) is 18.2 Å². The fourth-order valence-electron chi connectivity index (χ4n) is 2.99. The van der Waals surface area contributed by atoms with Crippen LogP contribution in [0.25, 0.3) is 0 Å². The first-order valence-electron chi connectivity index (χ1n) is 11.7. The van der Waals surface area contributed by atoms with E-state index < -0.39 is 50.9 Å². The van der Waals surface area contributed by atoms with Gasteiger partial charge in [-0.15, -0.1) is 0 Å². The maximum atomic E-state index is 11.4. The highest BCUT2D eigenvalue weighted by atomic mass is 29.3. The fraction of sp³-hybridized carbons (Fsp3) is 0.591. The van der Waals surface area contributed by atoms with E-state index in [-0.39, 0.29) is 39.6 Å². The van der Waals surface area contributed by atoms with Crippen LogP contribution < -0.4 is 0 Å². The van der Waals surface area contributed by atoms with Crippen molar-refractivity contribution in [2.75, 3.05) is 39.6 Å². The first-order valence-corrected chi connectivity index (χ1v) is 23.6. The van der Waals surface area contributed by atoms with Gasteiger partial charge in [-0.2, -0.15) is 0 Å². The summed E-state index contributed by atoms with van der Waals surface area (Å²) in [5, 5.41) is 0. The van der Waals surface area contributed by atoms with Crippen molar-refractivity contribution in [3.8, 4) is 0 Å². The number of esters is 3. The molecular weight excluding hydrogens is 553 g/mol. The summed E-state index contributed by atoms with van der Waals surface area (Å²) in [6, 6.07) is 0. The summed E-state index contributed by atoms with van der Waals surface area (Å²) in [4.78, 5) is 33.9. The normalized spacial score (nSPS) is 13.7. The van der Waals surface area contributed by atoms with E-state index >= 15 is 0 Å². The largest absolute Gasteiger partial charge is 0.460 e. The molecule has 0 spiro atoms. The zero-order valence-corrected chi connectivity index (χ0v) is 27.1. The number of carbonyl (C=O) groups is 3. The lowest BCUT2D eigenvalue weighted by molar-refractivity contribution is -0.139. The van der Waals surface area contributed by atoms with E-state index in [1.54, 1.807) is 0 Å². The van der Waals surface area contributed by atoms with Crippen molar-refractivity contribution in [1.29, 1.82) is 0 Å². The highest BCUT2D eigenvalue weighted by Gasteiger charge is 2.56. The first kappa shape index (κ1) is 35.3. The molecule has 0 amide bonds. The Morgan fingerprint density at radius 2 is 0.919 bits per heavy atom. The van der Waals surface area contributed by atoms with E-state index in [0.29, 0.717) is 0 Å². The lowest BCUT2D eigenvalue weighted by atomic mass is 10.6. The number of rotatable bonds is 20. The van der Waals surface area contributed by atoms with Gasteiger partial charge < -0.3 is 35.7 Å². The second kappa shape index (κ2) is 16.3. The van der Waals surface area contributed by atoms with Gasteiger partial charge in [0.1, 0.15) is 19.8 Å². The van der Waals surface area contributed by atoms with Crippen molar-refractivity contribution in [3.05, 3.63) is 38.0 Å². The summed E-state index contributed by atoms with van der Waals surface area (Å²) < 4.78 is 46.4. The van der Waals surface area contributed by atoms with Gasteiger partial charge in [0.15, 0.2) is 0 Å². The van der Waals surface area contributed by atoms with Gasteiger partial charge in [0.05, 0.1) is 19.8 Å². The van der Waals surface area contributed by atoms with E-state index in [0.717, 1.165) is 18.2 Å². The molecule has 212 valence electrons. The molecular formula is C22H42O11Si4. The minimum Gasteiger partial charge on any atom is -0.460 e. The van der Waals surface area contributed by atoms with Gasteiger partial charge in [-0.05, 0) is 45.8 Å². The molecule has 37 heavy (non-hydrogen) atoms. The Balaban J connectivity index is 5.41. The summed E-state index contributed by atoms with van der Waals surface area (Å²) in [6.45, 7) is 24.1. The van der Waals surface area contributed by atoms with Gasteiger partial charge in [-0.3, -0.25) is 0 Å². The third kappa shape index (κ3) is 14.7. The molecule has 1 atom stereocenters. The third-order valence-corrected chi connectivity index (χ3v) is 25.4. The van der Waals surface area contributed by atoms with Crippen LogP contribution in [0, 0.1) is 0 Å². The molecule has 0 fully saturated rings. The standard InChI is InChI=1S/C22H42O11Si4/c1-11-20(23)26-14-17-29-34(4,5)32-35(6,7)33-37(10,31-19-16-28-22(25)13-3)36(8,9)30-18-15-27-21(24)12-2/h11-13H,1-3,14-19H2,4-10H3. The molecule has 0 saturated heterocycles. The molecule has 0 heterocycles. The van der Waals surface area contributed by atoms with Crippen molar-refractivity contribution in [3.63, 3.8) is 0 Å². The van der Waals surface area contributed by atoms with Crippen molar-refractivity contribution in [1.82, 2.24) is 0 Å². The summed E-state index contributed by atoms with van der Waals surface area (Å²) in [5.74, 6) is -1.61. The average Bonchev–Trinajstić information content (AvgIpc) is 2.80. The Bertz CT molecular complexity index is 801. The molecule has 0 rings (SSSR count). The van der Waals surface area contributed by atoms with Gasteiger partial charge in [0.25, 0.3) is 0 Å². The molecule has 0 aromatic carbocycles. The van der Waals surface area contributed by atoms with Crippen LogP contribution in [0.3, 0.4) is 0 Å². The average molecular weight is 595 g/mol. The Morgan fingerprint density at radius 3 is 1.32 bits per heavy atom. The maximum absolute atomic E-state index is 11.4. The Kier molecular flexibility index (Phi) is 15.6. The SMILES string of the molecule is C=CC(=O)OCCO[Si](C)(C)O[Si](C)(C)O[Si](C)(OCCOC(=O)C=C)[Si](C)(C)OCCOC(=O)C=C. The minimum absolute atomic E-state index is 0.0217. The zero-order valence-electron chi connectivity index (χ0n) is 23.1. The zero-order chi connectivity index (χ0) is 28.8. The van der Waals surface area contributed by atoms with Crippen LogP contribution in [0.1, 0.15) is 0 Å². The van der Waals surface area contributed by atoms with E-state index in [9.17, 15) is 14.4 Å². The van der Waals surface area contributed by atoms with E-state index in [2.05, 4.69) is 19.7 Å². The molecule has 0 saturated carbocycles. The van der Waals surface area contributed by atoms with Crippen LogP contribution in [0.2, 0.25) is 45.8 Å². The monoisotopic (exact) mass is 594 g/mol. The lowest BCUT2D eigenvalue weighted by Crippen LogP contribution is -2.68. The number of hydrogen-bond donors (Lipinski definition) is 0. The highest BCUT2D eigenvalue weighted by molar-refractivity contribution is 7.34. The first-order chi connectivity index (χ1) is 17.0. The van der Waals surface area contributed by atoms with Crippen molar-refractivity contribution in [2.24, 2.45) is 0 Å². The van der Waals surface area contributed by atoms with Crippen LogP contribution in [-0.2, 0) is 50.1 Å². The molecule has 0 aromatic heterocycles.